The van der Waals surface area contributed by atoms with E-state index in [1.807, 2.05) is 19.1 Å². The van der Waals surface area contributed by atoms with Gasteiger partial charge in [0, 0.05) is 13.0 Å². The van der Waals surface area contributed by atoms with Crippen molar-refractivity contribution >= 4 is 45.5 Å². The van der Waals surface area contributed by atoms with Gasteiger partial charge in [-0.25, -0.2) is 18.0 Å². The number of nitrogens with zero attached hydrogens (tertiary/aromatic N) is 1. The summed E-state index contributed by atoms with van der Waals surface area (Å²) in [4.78, 5) is 82.0. The zero-order valence-corrected chi connectivity index (χ0v) is 33.1. The van der Waals surface area contributed by atoms with Crippen molar-refractivity contribution in [3.8, 4) is 0 Å². The summed E-state index contributed by atoms with van der Waals surface area (Å²) in [6, 6.07) is -4.24. The molecular formula is C38H60N6O9S. The molecule has 1 saturated heterocycles. The van der Waals surface area contributed by atoms with Gasteiger partial charge in [0.1, 0.15) is 18.2 Å². The first-order valence-corrected chi connectivity index (χ1v) is 20.9. The number of amides is 6. The molecule has 2 saturated carbocycles. The van der Waals surface area contributed by atoms with Crippen molar-refractivity contribution in [2.24, 2.45) is 17.1 Å². The van der Waals surface area contributed by atoms with E-state index in [2.05, 4.69) is 27.8 Å². The second-order valence-electron chi connectivity index (χ2n) is 16.8. The molecule has 0 spiro atoms. The molecule has 6 amide bonds. The maximum absolute atomic E-state index is 14.8. The van der Waals surface area contributed by atoms with Crippen LogP contribution < -0.4 is 27.0 Å². The van der Waals surface area contributed by atoms with Crippen LogP contribution in [0.1, 0.15) is 111 Å². The van der Waals surface area contributed by atoms with E-state index in [-0.39, 0.29) is 37.6 Å². The number of Topliss-reactive ketones (excluding diaryl/α,β-unsaturated/α-hetero) is 1. The van der Waals surface area contributed by atoms with Crippen molar-refractivity contribution in [1.82, 2.24) is 26.2 Å². The van der Waals surface area contributed by atoms with Gasteiger partial charge in [0.2, 0.25) is 17.6 Å². The summed E-state index contributed by atoms with van der Waals surface area (Å²) >= 11 is 0. The van der Waals surface area contributed by atoms with Crippen LogP contribution in [0.3, 0.4) is 0 Å². The van der Waals surface area contributed by atoms with Gasteiger partial charge in [0.05, 0.1) is 28.6 Å². The second kappa shape index (κ2) is 17.7. The van der Waals surface area contributed by atoms with E-state index < -0.39 is 85.4 Å². The summed E-state index contributed by atoms with van der Waals surface area (Å²) in [5.74, 6) is -3.31. The lowest BCUT2D eigenvalue weighted by Gasteiger charge is -2.44. The van der Waals surface area contributed by atoms with Gasteiger partial charge < -0.3 is 36.6 Å². The molecule has 0 aromatic heterocycles. The lowest BCUT2D eigenvalue weighted by Crippen LogP contribution is -2.64. The molecule has 1 heterocycles. The zero-order chi connectivity index (χ0) is 39.9. The fourth-order valence-electron chi connectivity index (χ4n) is 8.13. The van der Waals surface area contributed by atoms with Crippen molar-refractivity contribution in [2.45, 2.75) is 146 Å². The number of nitrogens with two attached hydrogens (primary N) is 1. The SMILES string of the molecule is C=CCNC(=O)C(=O)C(CC1C=CC1)NC(=O)[C@@H]1C[C@@H](OC(N)=O)CN1C(=O)[C@@H](NC(=O)NC1(CS(=O)(=O)C(C)(C)C)CCCCC1)C1(C)CCCCC1. The Balaban J connectivity index is 1.63. The standard InChI is InChI=1S/C38H60N6O9S/c1-6-20-40-32(47)29(45)27(21-25-14-13-15-25)41-31(46)28-22-26(53-34(39)49)23-44(28)33(48)30(37(5)16-9-7-10-17-37)42-35(50)43-38(18-11-8-12-19-38)24-54(51,52)36(2,3)4/h6,13-14,25-28,30H,1,7-12,15-24H2,2-5H3,(H2,39,49)(H,40,47)(H,41,46)(H2,42,43,50)/t25?,26-,27?,28+,30-/m1/s1. The summed E-state index contributed by atoms with van der Waals surface area (Å²) in [6.07, 6.45) is 11.0. The highest BCUT2D eigenvalue weighted by Gasteiger charge is 2.50. The number of carbonyl (C=O) groups is 6. The van der Waals surface area contributed by atoms with Crippen LogP contribution in [-0.4, -0.2) is 102 Å². The molecule has 0 radical (unpaired) electrons. The van der Waals surface area contributed by atoms with Crippen LogP contribution in [0, 0.1) is 11.3 Å². The lowest BCUT2D eigenvalue weighted by atomic mass is 9.70. The van der Waals surface area contributed by atoms with Crippen LogP contribution in [0.2, 0.25) is 0 Å². The third-order valence-corrected chi connectivity index (χ3v) is 14.4. The average Bonchev–Trinajstić information content (AvgIpc) is 3.49. The zero-order valence-electron chi connectivity index (χ0n) is 32.2. The fraction of sp³-hybridized carbons (Fsp3) is 0.737. The highest BCUT2D eigenvalue weighted by molar-refractivity contribution is 7.92. The van der Waals surface area contributed by atoms with Crippen LogP contribution in [0.5, 0.6) is 0 Å². The molecule has 15 nitrogen and oxygen atoms in total. The first kappa shape index (κ1) is 42.8. The van der Waals surface area contributed by atoms with E-state index in [4.69, 9.17) is 10.5 Å². The van der Waals surface area contributed by atoms with Gasteiger partial charge in [-0.1, -0.05) is 63.7 Å². The number of likely N-dealkylation sites (tertiary alicyclic amines) is 1. The lowest BCUT2D eigenvalue weighted by molar-refractivity contribution is -0.144. The Morgan fingerprint density at radius 3 is 2.15 bits per heavy atom. The minimum atomic E-state index is -3.63. The number of ketones is 1. The van der Waals surface area contributed by atoms with Gasteiger partial charge >= 0.3 is 12.1 Å². The number of hydrogen-bond acceptors (Lipinski definition) is 9. The Morgan fingerprint density at radius 2 is 1.61 bits per heavy atom. The van der Waals surface area contributed by atoms with Crippen LogP contribution in [0.15, 0.2) is 24.8 Å². The Bertz CT molecular complexity index is 1580. The summed E-state index contributed by atoms with van der Waals surface area (Å²) in [5.41, 5.74) is 3.59. The van der Waals surface area contributed by atoms with Gasteiger partial charge in [-0.05, 0) is 70.6 Å². The molecule has 302 valence electrons. The monoisotopic (exact) mass is 776 g/mol. The highest BCUT2D eigenvalue weighted by Crippen LogP contribution is 2.41. The van der Waals surface area contributed by atoms with Gasteiger partial charge in [-0.3, -0.25) is 19.2 Å². The number of urea groups is 1. The topological polar surface area (TPSA) is 223 Å². The number of hydrogen-bond donors (Lipinski definition) is 5. The quantitative estimate of drug-likeness (QED) is 0.122. The van der Waals surface area contributed by atoms with Crippen LogP contribution in [0.4, 0.5) is 9.59 Å². The summed E-state index contributed by atoms with van der Waals surface area (Å²) < 4.78 is 31.1. The van der Waals surface area contributed by atoms with E-state index in [1.54, 1.807) is 20.8 Å². The molecule has 6 N–H and O–H groups in total. The van der Waals surface area contributed by atoms with Gasteiger partial charge in [0.25, 0.3) is 5.91 Å². The Hall–Kier alpha value is -3.95. The second-order valence-corrected chi connectivity index (χ2v) is 19.6. The summed E-state index contributed by atoms with van der Waals surface area (Å²) in [5, 5.41) is 11.1. The number of carbonyl (C=O) groups excluding carboxylic acids is 6. The van der Waals surface area contributed by atoms with Crippen molar-refractivity contribution in [3.63, 3.8) is 0 Å². The Labute approximate surface area is 319 Å². The minimum absolute atomic E-state index is 0.0390. The maximum Gasteiger partial charge on any atom is 0.404 e. The van der Waals surface area contributed by atoms with Crippen LogP contribution in [0.25, 0.3) is 0 Å². The van der Waals surface area contributed by atoms with E-state index in [1.165, 1.54) is 11.0 Å². The molecule has 54 heavy (non-hydrogen) atoms. The summed E-state index contributed by atoms with van der Waals surface area (Å²) in [7, 11) is -3.63. The molecule has 4 aliphatic rings. The van der Waals surface area contributed by atoms with E-state index in [0.717, 1.165) is 38.5 Å². The average molecular weight is 777 g/mol. The van der Waals surface area contributed by atoms with Gasteiger partial charge in [-0.2, -0.15) is 0 Å². The van der Waals surface area contributed by atoms with Crippen LogP contribution in [-0.2, 0) is 33.8 Å². The number of rotatable bonds is 15. The van der Waals surface area contributed by atoms with Gasteiger partial charge in [0.15, 0.2) is 9.84 Å². The molecule has 2 unspecified atom stereocenters. The molecular weight excluding hydrogens is 717 g/mol. The third-order valence-electron chi connectivity index (χ3n) is 11.6. The first-order chi connectivity index (χ1) is 25.3. The van der Waals surface area contributed by atoms with Crippen molar-refractivity contribution in [3.05, 3.63) is 24.8 Å². The predicted molar refractivity (Wildman–Crippen MR) is 203 cm³/mol. The normalized spacial score (nSPS) is 24.5. The third kappa shape index (κ3) is 10.6. The van der Waals surface area contributed by atoms with E-state index >= 15 is 0 Å². The van der Waals surface area contributed by atoms with Crippen molar-refractivity contribution in [2.75, 3.05) is 18.8 Å². The minimum Gasteiger partial charge on any atom is -0.444 e. The first-order valence-electron chi connectivity index (χ1n) is 19.3. The number of nitrogens with one attached hydrogen (secondary N) is 4. The largest absolute Gasteiger partial charge is 0.444 e. The number of allylic oxidation sites excluding steroid dienone is 2. The Morgan fingerprint density at radius 1 is 1.00 bits per heavy atom. The van der Waals surface area contributed by atoms with Crippen molar-refractivity contribution < 1.29 is 41.9 Å². The number of primary amides is 1. The molecule has 1 aliphatic heterocycles. The molecule has 4 rings (SSSR count). The van der Waals surface area contributed by atoms with E-state index in [0.29, 0.717) is 32.1 Å². The Kier molecular flexibility index (Phi) is 14.0. The predicted octanol–water partition coefficient (Wildman–Crippen LogP) is 2.93. The molecule has 0 aromatic carbocycles. The molecule has 0 aromatic rings. The highest BCUT2D eigenvalue weighted by atomic mass is 32.2. The maximum atomic E-state index is 14.8. The van der Waals surface area contributed by atoms with Crippen molar-refractivity contribution in [1.29, 1.82) is 0 Å². The number of sulfone groups is 1. The van der Waals surface area contributed by atoms with E-state index in [9.17, 15) is 37.2 Å². The smallest absolute Gasteiger partial charge is 0.404 e. The molecule has 0 bridgehead atoms. The van der Waals surface area contributed by atoms with Gasteiger partial charge in [-0.15, -0.1) is 6.58 Å². The molecule has 3 aliphatic carbocycles. The molecule has 16 heteroatoms. The summed E-state index contributed by atoms with van der Waals surface area (Å²) in [6.45, 7) is 10.2. The molecule has 3 fully saturated rings. The number of ether oxygens (including phenoxy) is 1. The fourth-order valence-corrected chi connectivity index (χ4v) is 9.65. The van der Waals surface area contributed by atoms with Crippen LogP contribution >= 0.6 is 0 Å². The molecule has 5 atom stereocenters.